The normalized spacial score (nSPS) is 12.7. The Balaban J connectivity index is 2.01. The number of nitrogens with one attached hydrogen (secondary N) is 1. The van der Waals surface area contributed by atoms with Crippen molar-refractivity contribution in [2.45, 2.75) is 38.6 Å². The Labute approximate surface area is 181 Å². The van der Waals surface area contributed by atoms with Crippen molar-refractivity contribution in [2.24, 2.45) is 0 Å². The highest BCUT2D eigenvalue weighted by atomic mass is 19.4. The number of nitriles is 2. The fraction of sp³-hybridized carbons (Fsp3) is 0.273. The Morgan fingerprint density at radius 3 is 2.22 bits per heavy atom. The van der Waals surface area contributed by atoms with Gasteiger partial charge in [-0.15, -0.1) is 10.2 Å². The molecule has 0 radical (unpaired) electrons. The highest BCUT2D eigenvalue weighted by Gasteiger charge is 2.38. The predicted molar refractivity (Wildman–Crippen MR) is 108 cm³/mol. The van der Waals surface area contributed by atoms with Gasteiger partial charge in [0, 0.05) is 11.3 Å². The van der Waals surface area contributed by atoms with Crippen LogP contribution in [-0.2, 0) is 6.18 Å². The second-order valence-corrected chi connectivity index (χ2v) is 7.64. The lowest BCUT2D eigenvalue weighted by Gasteiger charge is -2.29. The molecule has 7 nitrogen and oxygen atoms in total. The van der Waals surface area contributed by atoms with E-state index in [0.717, 1.165) is 6.07 Å². The zero-order chi connectivity index (χ0) is 23.7. The Bertz CT molecular complexity index is 1210. The van der Waals surface area contributed by atoms with E-state index in [4.69, 9.17) is 14.9 Å². The molecule has 0 aliphatic heterocycles. The quantitative estimate of drug-likeness (QED) is 0.587. The van der Waals surface area contributed by atoms with Gasteiger partial charge in [0.2, 0.25) is 11.8 Å². The molecule has 0 saturated heterocycles. The van der Waals surface area contributed by atoms with Crippen LogP contribution in [0.25, 0.3) is 11.5 Å². The Morgan fingerprint density at radius 2 is 1.69 bits per heavy atom. The molecule has 0 bridgehead atoms. The number of benzene rings is 2. The van der Waals surface area contributed by atoms with Crippen molar-refractivity contribution in [3.63, 3.8) is 0 Å². The summed E-state index contributed by atoms with van der Waals surface area (Å²) < 4.78 is 46.3. The summed E-state index contributed by atoms with van der Waals surface area (Å²) in [7, 11) is 0. The van der Waals surface area contributed by atoms with Gasteiger partial charge in [-0.3, -0.25) is 0 Å². The highest BCUT2D eigenvalue weighted by molar-refractivity contribution is 5.61. The third kappa shape index (κ3) is 4.56. The molecule has 2 aromatic carbocycles. The van der Waals surface area contributed by atoms with Gasteiger partial charge in [-0.2, -0.15) is 23.7 Å². The molecule has 3 rings (SSSR count). The fourth-order valence-electron chi connectivity index (χ4n) is 3.18. The SMILES string of the molecule is Cc1c(NC(c2nnc(-c3ccc(C#N)cc3)o2)C(C)(C)O)ccc(C#N)c1C(F)(F)F. The second-order valence-electron chi connectivity index (χ2n) is 7.64. The van der Waals surface area contributed by atoms with Crippen molar-refractivity contribution in [2.75, 3.05) is 5.32 Å². The number of nitrogens with zero attached hydrogens (tertiary/aromatic N) is 4. The van der Waals surface area contributed by atoms with Crippen molar-refractivity contribution in [1.82, 2.24) is 10.2 Å². The smallest absolute Gasteiger partial charge is 0.418 e. The van der Waals surface area contributed by atoms with Gasteiger partial charge in [0.05, 0.1) is 34.4 Å². The summed E-state index contributed by atoms with van der Waals surface area (Å²) in [6.45, 7) is 4.13. The number of aromatic nitrogens is 2. The van der Waals surface area contributed by atoms with Crippen LogP contribution in [-0.4, -0.2) is 20.9 Å². The summed E-state index contributed by atoms with van der Waals surface area (Å²) in [5.41, 5.74) is -2.22. The molecular weight excluding hydrogens is 423 g/mol. The first-order valence-corrected chi connectivity index (χ1v) is 9.39. The van der Waals surface area contributed by atoms with Crippen LogP contribution in [0.3, 0.4) is 0 Å². The molecule has 0 saturated carbocycles. The maximum absolute atomic E-state index is 13.5. The first-order valence-electron chi connectivity index (χ1n) is 9.39. The van der Waals surface area contributed by atoms with Gasteiger partial charge in [0.25, 0.3) is 0 Å². The molecule has 0 amide bonds. The predicted octanol–water partition coefficient (Wildman–Crippen LogP) is 4.73. The van der Waals surface area contributed by atoms with Gasteiger partial charge in [-0.05, 0) is 62.7 Å². The van der Waals surface area contributed by atoms with Crippen LogP contribution in [0.15, 0.2) is 40.8 Å². The standard InChI is InChI=1S/C22H18F3N5O2/c1-12-16(9-8-15(11-27)17(12)22(23,24)25)28-18(21(2,3)31)20-30-29-19(32-20)14-6-4-13(10-26)5-7-14/h4-9,18,28,31H,1-3H3. The van der Waals surface area contributed by atoms with E-state index in [2.05, 4.69) is 15.5 Å². The molecular formula is C22H18F3N5O2. The van der Waals surface area contributed by atoms with Crippen LogP contribution in [0.4, 0.5) is 18.9 Å². The molecule has 3 aromatic rings. The van der Waals surface area contributed by atoms with Crippen LogP contribution >= 0.6 is 0 Å². The first-order chi connectivity index (χ1) is 15.0. The van der Waals surface area contributed by atoms with Gasteiger partial charge < -0.3 is 14.8 Å². The summed E-state index contributed by atoms with van der Waals surface area (Å²) in [5.74, 6) is 0.0715. The molecule has 1 heterocycles. The zero-order valence-corrected chi connectivity index (χ0v) is 17.3. The maximum atomic E-state index is 13.5. The molecule has 0 aliphatic carbocycles. The largest absolute Gasteiger partial charge is 0.418 e. The number of hydrogen-bond acceptors (Lipinski definition) is 7. The van der Waals surface area contributed by atoms with Crippen LogP contribution in [0, 0.1) is 29.6 Å². The molecule has 1 unspecified atom stereocenters. The van der Waals surface area contributed by atoms with Gasteiger partial charge in [0.1, 0.15) is 6.04 Å². The molecule has 1 aromatic heterocycles. The third-order valence-corrected chi connectivity index (χ3v) is 4.82. The van der Waals surface area contributed by atoms with E-state index < -0.39 is 28.9 Å². The molecule has 0 aliphatic rings. The van der Waals surface area contributed by atoms with Gasteiger partial charge >= 0.3 is 6.18 Å². The topological polar surface area (TPSA) is 119 Å². The third-order valence-electron chi connectivity index (χ3n) is 4.82. The van der Waals surface area contributed by atoms with E-state index in [1.165, 1.54) is 26.8 Å². The van der Waals surface area contributed by atoms with Crippen LogP contribution in [0.1, 0.15) is 48.0 Å². The monoisotopic (exact) mass is 441 g/mol. The maximum Gasteiger partial charge on any atom is 0.418 e. The molecule has 1 atom stereocenters. The minimum atomic E-state index is -4.73. The lowest BCUT2D eigenvalue weighted by molar-refractivity contribution is -0.138. The van der Waals surface area contributed by atoms with Gasteiger partial charge in [0.15, 0.2) is 0 Å². The minimum absolute atomic E-state index is 0.0471. The zero-order valence-electron chi connectivity index (χ0n) is 17.3. The first kappa shape index (κ1) is 22.8. The molecule has 164 valence electrons. The molecule has 0 fully saturated rings. The summed E-state index contributed by atoms with van der Waals surface area (Å²) in [5, 5.41) is 39.4. The average Bonchev–Trinajstić information content (AvgIpc) is 3.20. The summed E-state index contributed by atoms with van der Waals surface area (Å²) in [4.78, 5) is 0. The summed E-state index contributed by atoms with van der Waals surface area (Å²) in [6.07, 6.45) is -4.73. The van der Waals surface area contributed by atoms with Gasteiger partial charge in [-0.1, -0.05) is 0 Å². The lowest BCUT2D eigenvalue weighted by atomic mass is 9.96. The Hall–Kier alpha value is -3.89. The fourth-order valence-corrected chi connectivity index (χ4v) is 3.18. The lowest BCUT2D eigenvalue weighted by Crippen LogP contribution is -2.35. The van der Waals surface area contributed by atoms with Crippen molar-refractivity contribution in [1.29, 1.82) is 10.5 Å². The highest BCUT2D eigenvalue weighted by Crippen LogP contribution is 2.39. The number of rotatable bonds is 5. The molecule has 0 spiro atoms. The Morgan fingerprint density at radius 1 is 1.03 bits per heavy atom. The van der Waals surface area contributed by atoms with Crippen molar-refractivity contribution in [3.05, 3.63) is 64.5 Å². The molecule has 32 heavy (non-hydrogen) atoms. The van der Waals surface area contributed by atoms with Crippen LogP contribution < -0.4 is 5.32 Å². The minimum Gasteiger partial charge on any atom is -0.418 e. The van der Waals surface area contributed by atoms with Gasteiger partial charge in [-0.25, -0.2) is 0 Å². The summed E-state index contributed by atoms with van der Waals surface area (Å²) in [6, 6.07) is 11.3. The van der Waals surface area contributed by atoms with E-state index >= 15 is 0 Å². The molecule has 2 N–H and O–H groups in total. The van der Waals surface area contributed by atoms with Crippen molar-refractivity contribution >= 4 is 5.69 Å². The van der Waals surface area contributed by atoms with Crippen molar-refractivity contribution in [3.8, 4) is 23.6 Å². The summed E-state index contributed by atoms with van der Waals surface area (Å²) >= 11 is 0. The number of aliphatic hydroxyl groups is 1. The number of halogens is 3. The second kappa shape index (κ2) is 8.33. The Kier molecular flexibility index (Phi) is 5.93. The van der Waals surface area contributed by atoms with E-state index in [1.54, 1.807) is 30.3 Å². The number of hydrogen-bond donors (Lipinski definition) is 2. The number of anilines is 1. The molecule has 10 heteroatoms. The van der Waals surface area contributed by atoms with Crippen LogP contribution in [0.2, 0.25) is 0 Å². The average molecular weight is 441 g/mol. The van der Waals surface area contributed by atoms with E-state index in [9.17, 15) is 18.3 Å². The van der Waals surface area contributed by atoms with E-state index in [-0.39, 0.29) is 23.0 Å². The van der Waals surface area contributed by atoms with E-state index in [1.807, 2.05) is 6.07 Å². The van der Waals surface area contributed by atoms with E-state index in [0.29, 0.717) is 11.1 Å². The van der Waals surface area contributed by atoms with Crippen molar-refractivity contribution < 1.29 is 22.7 Å². The van der Waals surface area contributed by atoms with Crippen LogP contribution in [0.5, 0.6) is 0 Å². The number of alkyl halides is 3.